The number of carboxylic acids is 1. The number of para-hydroxylation sites is 1. The predicted octanol–water partition coefficient (Wildman–Crippen LogP) is 2.16. The number of fused-ring (bicyclic) bond motifs is 1. The summed E-state index contributed by atoms with van der Waals surface area (Å²) in [6, 6.07) is 11.1. The first-order valence-electron chi connectivity index (χ1n) is 9.10. The number of aliphatic carboxylic acids is 1. The zero-order chi connectivity index (χ0) is 19.4. The van der Waals surface area contributed by atoms with Crippen LogP contribution in [0.25, 0.3) is 10.9 Å². The van der Waals surface area contributed by atoms with E-state index in [1.165, 1.54) is 11.8 Å². The first kappa shape index (κ1) is 18.8. The number of benzene rings is 1. The standard InChI is InChI=1S/C20H23N3O4/c1-14(24)23(13-19(25)26)16-6-4-11-22(12-10-16)20(27)18-9-8-15-5-2-3-7-17(15)21-18/h2-3,5,7-9,16H,4,6,10-13H2,1H3,(H,25,26)/t16-/m1/s1. The third kappa shape index (κ3) is 4.42. The summed E-state index contributed by atoms with van der Waals surface area (Å²) in [4.78, 5) is 43.3. The molecule has 1 aliphatic rings. The molecule has 0 spiro atoms. The van der Waals surface area contributed by atoms with Gasteiger partial charge in [-0.3, -0.25) is 14.4 Å². The molecule has 1 aliphatic heterocycles. The van der Waals surface area contributed by atoms with Crippen LogP contribution in [0, 0.1) is 0 Å². The van der Waals surface area contributed by atoms with E-state index in [-0.39, 0.29) is 24.4 Å². The van der Waals surface area contributed by atoms with Crippen LogP contribution in [0.4, 0.5) is 0 Å². The zero-order valence-corrected chi connectivity index (χ0v) is 15.3. The minimum Gasteiger partial charge on any atom is -0.480 e. The molecule has 27 heavy (non-hydrogen) atoms. The summed E-state index contributed by atoms with van der Waals surface area (Å²) < 4.78 is 0. The van der Waals surface area contributed by atoms with E-state index in [9.17, 15) is 14.4 Å². The van der Waals surface area contributed by atoms with Crippen LogP contribution in [0.1, 0.15) is 36.7 Å². The summed E-state index contributed by atoms with van der Waals surface area (Å²) in [6.45, 7) is 2.12. The Bertz CT molecular complexity index is 867. The lowest BCUT2D eigenvalue weighted by Crippen LogP contribution is -2.43. The molecule has 1 saturated heterocycles. The molecule has 1 N–H and O–H groups in total. The van der Waals surface area contributed by atoms with Crippen LogP contribution in [-0.4, -0.2) is 63.4 Å². The molecule has 1 aromatic heterocycles. The average molecular weight is 369 g/mol. The highest BCUT2D eigenvalue weighted by Crippen LogP contribution is 2.19. The van der Waals surface area contributed by atoms with Gasteiger partial charge < -0.3 is 14.9 Å². The van der Waals surface area contributed by atoms with Crippen LogP contribution in [0.15, 0.2) is 36.4 Å². The Labute approximate surface area is 157 Å². The van der Waals surface area contributed by atoms with Crippen molar-refractivity contribution in [1.29, 1.82) is 0 Å². The number of hydrogen-bond acceptors (Lipinski definition) is 4. The van der Waals surface area contributed by atoms with Crippen molar-refractivity contribution < 1.29 is 19.5 Å². The third-order valence-electron chi connectivity index (χ3n) is 4.95. The number of amides is 2. The summed E-state index contributed by atoms with van der Waals surface area (Å²) in [6.07, 6.45) is 1.96. The maximum atomic E-state index is 12.9. The second kappa shape index (κ2) is 8.16. The number of nitrogens with zero attached hydrogens (tertiary/aromatic N) is 3. The number of carboxylic acid groups (broad SMARTS) is 1. The van der Waals surface area contributed by atoms with E-state index in [4.69, 9.17) is 5.11 Å². The Morgan fingerprint density at radius 1 is 1.15 bits per heavy atom. The van der Waals surface area contributed by atoms with E-state index in [1.54, 1.807) is 11.0 Å². The second-order valence-corrected chi connectivity index (χ2v) is 6.81. The van der Waals surface area contributed by atoms with Gasteiger partial charge in [-0.05, 0) is 31.4 Å². The number of carbonyl (C=O) groups excluding carboxylic acids is 2. The van der Waals surface area contributed by atoms with Gasteiger partial charge in [-0.2, -0.15) is 0 Å². The highest BCUT2D eigenvalue weighted by Gasteiger charge is 2.28. The maximum Gasteiger partial charge on any atom is 0.323 e. The topological polar surface area (TPSA) is 90.8 Å². The van der Waals surface area contributed by atoms with Crippen molar-refractivity contribution in [1.82, 2.24) is 14.8 Å². The van der Waals surface area contributed by atoms with Gasteiger partial charge in [0.1, 0.15) is 12.2 Å². The van der Waals surface area contributed by atoms with Gasteiger partial charge in [-0.25, -0.2) is 4.98 Å². The fraction of sp³-hybridized carbons (Fsp3) is 0.400. The van der Waals surface area contributed by atoms with Gasteiger partial charge in [0, 0.05) is 31.4 Å². The molecule has 0 unspecified atom stereocenters. The minimum absolute atomic E-state index is 0.131. The number of rotatable bonds is 4. The van der Waals surface area contributed by atoms with Crippen molar-refractivity contribution in [2.45, 2.75) is 32.2 Å². The average Bonchev–Trinajstić information content (AvgIpc) is 2.91. The summed E-state index contributed by atoms with van der Waals surface area (Å²) >= 11 is 0. The fourth-order valence-corrected chi connectivity index (χ4v) is 3.58. The smallest absolute Gasteiger partial charge is 0.323 e. The number of pyridine rings is 1. The van der Waals surface area contributed by atoms with Crippen LogP contribution in [0.3, 0.4) is 0 Å². The molecule has 0 bridgehead atoms. The van der Waals surface area contributed by atoms with Gasteiger partial charge in [-0.1, -0.05) is 24.3 Å². The van der Waals surface area contributed by atoms with Crippen LogP contribution >= 0.6 is 0 Å². The molecule has 2 amide bonds. The summed E-state index contributed by atoms with van der Waals surface area (Å²) in [5, 5.41) is 10.0. The van der Waals surface area contributed by atoms with Gasteiger partial charge >= 0.3 is 5.97 Å². The summed E-state index contributed by atoms with van der Waals surface area (Å²) in [7, 11) is 0. The Kier molecular flexibility index (Phi) is 5.69. The molecule has 0 saturated carbocycles. The van der Waals surface area contributed by atoms with E-state index in [0.717, 1.165) is 10.9 Å². The van der Waals surface area contributed by atoms with Gasteiger partial charge in [0.2, 0.25) is 5.91 Å². The first-order chi connectivity index (χ1) is 13.0. The molecule has 142 valence electrons. The van der Waals surface area contributed by atoms with Gasteiger partial charge in [-0.15, -0.1) is 0 Å². The predicted molar refractivity (Wildman–Crippen MR) is 100 cm³/mol. The van der Waals surface area contributed by atoms with Crippen molar-refractivity contribution in [3.05, 3.63) is 42.1 Å². The Hall–Kier alpha value is -2.96. The molecule has 1 aromatic carbocycles. The zero-order valence-electron chi connectivity index (χ0n) is 15.3. The third-order valence-corrected chi connectivity index (χ3v) is 4.95. The van der Waals surface area contributed by atoms with Crippen molar-refractivity contribution >= 4 is 28.7 Å². The first-order valence-corrected chi connectivity index (χ1v) is 9.10. The number of hydrogen-bond donors (Lipinski definition) is 1. The lowest BCUT2D eigenvalue weighted by molar-refractivity contribution is -0.145. The largest absolute Gasteiger partial charge is 0.480 e. The van der Waals surface area contributed by atoms with Crippen molar-refractivity contribution in [2.24, 2.45) is 0 Å². The van der Waals surface area contributed by atoms with E-state index >= 15 is 0 Å². The van der Waals surface area contributed by atoms with E-state index in [2.05, 4.69) is 4.98 Å². The maximum absolute atomic E-state index is 12.9. The quantitative estimate of drug-likeness (QED) is 0.892. The van der Waals surface area contributed by atoms with Gasteiger partial charge in [0.25, 0.3) is 5.91 Å². The van der Waals surface area contributed by atoms with E-state index < -0.39 is 5.97 Å². The second-order valence-electron chi connectivity index (χ2n) is 6.81. The highest BCUT2D eigenvalue weighted by molar-refractivity contribution is 5.95. The van der Waals surface area contributed by atoms with Crippen molar-refractivity contribution in [3.63, 3.8) is 0 Å². The molecular weight excluding hydrogens is 346 g/mol. The molecule has 1 atom stereocenters. The van der Waals surface area contributed by atoms with Crippen molar-refractivity contribution in [3.8, 4) is 0 Å². The SMILES string of the molecule is CC(=O)N(CC(=O)O)[C@@H]1CCCN(C(=O)c2ccc3ccccc3n2)CC1. The fourth-order valence-electron chi connectivity index (χ4n) is 3.58. The molecule has 2 heterocycles. The van der Waals surface area contributed by atoms with Crippen LogP contribution in [-0.2, 0) is 9.59 Å². The Morgan fingerprint density at radius 2 is 1.93 bits per heavy atom. The van der Waals surface area contributed by atoms with Crippen LogP contribution in [0.5, 0.6) is 0 Å². The van der Waals surface area contributed by atoms with Gasteiger partial charge in [0.15, 0.2) is 0 Å². The monoisotopic (exact) mass is 369 g/mol. The highest BCUT2D eigenvalue weighted by atomic mass is 16.4. The lowest BCUT2D eigenvalue weighted by Gasteiger charge is -2.28. The normalized spacial score (nSPS) is 17.4. The number of likely N-dealkylation sites (tertiary alicyclic amines) is 1. The van der Waals surface area contributed by atoms with Crippen molar-refractivity contribution in [2.75, 3.05) is 19.6 Å². The summed E-state index contributed by atoms with van der Waals surface area (Å²) in [5.41, 5.74) is 1.18. The molecule has 7 heteroatoms. The van der Waals surface area contributed by atoms with E-state index in [0.29, 0.717) is 38.0 Å². The molecular formula is C20H23N3O4. The number of aromatic nitrogens is 1. The van der Waals surface area contributed by atoms with E-state index in [1.807, 2.05) is 30.3 Å². The summed E-state index contributed by atoms with van der Waals surface area (Å²) in [5.74, 6) is -1.41. The lowest BCUT2D eigenvalue weighted by atomic mass is 10.1. The molecule has 0 radical (unpaired) electrons. The number of carbonyl (C=O) groups is 3. The van der Waals surface area contributed by atoms with Crippen LogP contribution < -0.4 is 0 Å². The molecule has 3 rings (SSSR count). The Morgan fingerprint density at radius 3 is 2.67 bits per heavy atom. The molecule has 7 nitrogen and oxygen atoms in total. The Balaban J connectivity index is 1.71. The van der Waals surface area contributed by atoms with Gasteiger partial charge in [0.05, 0.1) is 5.52 Å². The molecule has 0 aliphatic carbocycles. The molecule has 2 aromatic rings. The molecule has 1 fully saturated rings. The minimum atomic E-state index is -1.03. The van der Waals surface area contributed by atoms with Crippen LogP contribution in [0.2, 0.25) is 0 Å².